The summed E-state index contributed by atoms with van der Waals surface area (Å²) in [7, 11) is 4.09. The van der Waals surface area contributed by atoms with Crippen LogP contribution in [-0.2, 0) is 4.74 Å². The van der Waals surface area contributed by atoms with Crippen molar-refractivity contribution >= 4 is 21.5 Å². The lowest BCUT2D eigenvalue weighted by Gasteiger charge is -2.12. The Morgan fingerprint density at radius 3 is 2.09 bits per heavy atom. The van der Waals surface area contributed by atoms with Gasteiger partial charge in [-0.05, 0) is 44.3 Å². The van der Waals surface area contributed by atoms with Gasteiger partial charge in [0.15, 0.2) is 0 Å². The predicted molar refractivity (Wildman–Crippen MR) is 96.9 cm³/mol. The molecule has 2 nitrogen and oxygen atoms in total. The molecule has 0 unspecified atom stereocenters. The van der Waals surface area contributed by atoms with E-state index in [-0.39, 0.29) is 0 Å². The van der Waals surface area contributed by atoms with Crippen LogP contribution in [0.4, 0.5) is 0 Å². The Morgan fingerprint density at radius 2 is 1.55 bits per heavy atom. The minimum absolute atomic E-state index is 0.679. The summed E-state index contributed by atoms with van der Waals surface area (Å²) < 4.78 is 6.84. The van der Waals surface area contributed by atoms with Crippen molar-refractivity contribution in [2.24, 2.45) is 0 Å². The maximum absolute atomic E-state index is 5.76. The second kappa shape index (κ2) is 8.16. The predicted octanol–water partition coefficient (Wildman–Crippen LogP) is 4.72. The van der Waals surface area contributed by atoms with E-state index in [1.165, 1.54) is 5.56 Å². The molecule has 0 fully saturated rings. The Hall–Kier alpha value is -1.58. The van der Waals surface area contributed by atoms with Crippen molar-refractivity contribution in [1.82, 2.24) is 4.90 Å². The topological polar surface area (TPSA) is 12.5 Å². The molecule has 0 saturated carbocycles. The Kier molecular flexibility index (Phi) is 6.22. The smallest absolute Gasteiger partial charge is 0.1000 e. The molecule has 0 aliphatic heterocycles. The van der Waals surface area contributed by atoms with Gasteiger partial charge in [0.2, 0.25) is 0 Å². The van der Waals surface area contributed by atoms with Crippen LogP contribution in [0.25, 0.3) is 5.57 Å². The monoisotopic (exact) mass is 359 g/mol. The summed E-state index contributed by atoms with van der Waals surface area (Å²) in [6.07, 6.45) is 1.87. The largest absolute Gasteiger partial charge is 0.499 e. The standard InChI is InChI=1S/C19H22BrNO/c1-15-4-6-16(7-5-15)19(14-22-13-12-21(2)3)17-8-10-18(20)11-9-17/h4-11,14H,12-13H2,1-3H3/b19-14+. The van der Waals surface area contributed by atoms with Crippen LogP contribution in [0, 0.1) is 6.92 Å². The first-order valence-corrected chi connectivity index (χ1v) is 8.15. The number of likely N-dealkylation sites (N-methyl/N-ethyl adjacent to an activating group) is 1. The molecular formula is C19H22BrNO. The number of aryl methyl sites for hydroxylation is 1. The highest BCUT2D eigenvalue weighted by molar-refractivity contribution is 9.10. The van der Waals surface area contributed by atoms with Crippen LogP contribution in [-0.4, -0.2) is 32.1 Å². The number of hydrogen-bond acceptors (Lipinski definition) is 2. The molecule has 0 aliphatic carbocycles. The number of hydrogen-bond donors (Lipinski definition) is 0. The zero-order valence-corrected chi connectivity index (χ0v) is 14.9. The SMILES string of the molecule is Cc1ccc(/C(=C\OCCN(C)C)c2ccc(Br)cc2)cc1. The lowest BCUT2D eigenvalue weighted by Crippen LogP contribution is -2.16. The van der Waals surface area contributed by atoms with E-state index in [0.29, 0.717) is 6.61 Å². The Morgan fingerprint density at radius 1 is 1.00 bits per heavy atom. The van der Waals surface area contributed by atoms with Crippen molar-refractivity contribution in [3.05, 3.63) is 76.0 Å². The summed E-state index contributed by atoms with van der Waals surface area (Å²) in [5.41, 5.74) is 4.67. The highest BCUT2D eigenvalue weighted by atomic mass is 79.9. The van der Waals surface area contributed by atoms with Gasteiger partial charge in [-0.1, -0.05) is 57.9 Å². The van der Waals surface area contributed by atoms with Crippen LogP contribution in [0.3, 0.4) is 0 Å². The van der Waals surface area contributed by atoms with Gasteiger partial charge in [-0.15, -0.1) is 0 Å². The van der Waals surface area contributed by atoms with Gasteiger partial charge in [-0.2, -0.15) is 0 Å². The average molecular weight is 360 g/mol. The van der Waals surface area contributed by atoms with E-state index in [1.54, 1.807) is 0 Å². The van der Waals surface area contributed by atoms with Crippen molar-refractivity contribution in [3.8, 4) is 0 Å². The van der Waals surface area contributed by atoms with Crippen LogP contribution in [0.1, 0.15) is 16.7 Å². The second-order valence-corrected chi connectivity index (χ2v) is 6.49. The molecule has 0 bridgehead atoms. The van der Waals surface area contributed by atoms with Gasteiger partial charge < -0.3 is 9.64 Å². The van der Waals surface area contributed by atoms with E-state index in [9.17, 15) is 0 Å². The molecular weight excluding hydrogens is 338 g/mol. The van der Waals surface area contributed by atoms with Gasteiger partial charge in [0.05, 0.1) is 12.9 Å². The third-order valence-corrected chi connectivity index (χ3v) is 3.90. The molecule has 0 saturated heterocycles. The fourth-order valence-corrected chi connectivity index (χ4v) is 2.31. The maximum Gasteiger partial charge on any atom is 0.1000 e. The minimum atomic E-state index is 0.679. The van der Waals surface area contributed by atoms with Crippen LogP contribution in [0.2, 0.25) is 0 Å². The zero-order chi connectivity index (χ0) is 15.9. The van der Waals surface area contributed by atoms with Gasteiger partial charge >= 0.3 is 0 Å². The first-order chi connectivity index (χ1) is 10.6. The van der Waals surface area contributed by atoms with Crippen LogP contribution in [0.15, 0.2) is 59.3 Å². The quantitative estimate of drug-likeness (QED) is 0.546. The summed E-state index contributed by atoms with van der Waals surface area (Å²) in [6, 6.07) is 16.8. The van der Waals surface area contributed by atoms with Crippen LogP contribution < -0.4 is 0 Å². The molecule has 0 N–H and O–H groups in total. The molecule has 0 amide bonds. The molecule has 2 aromatic carbocycles. The zero-order valence-electron chi connectivity index (χ0n) is 13.3. The number of ether oxygens (including phenoxy) is 1. The number of nitrogens with zero attached hydrogens (tertiary/aromatic N) is 1. The van der Waals surface area contributed by atoms with Gasteiger partial charge in [0.1, 0.15) is 0 Å². The van der Waals surface area contributed by atoms with Crippen molar-refractivity contribution in [2.75, 3.05) is 27.2 Å². The molecule has 0 aromatic heterocycles. The highest BCUT2D eigenvalue weighted by Crippen LogP contribution is 2.25. The molecule has 0 heterocycles. The summed E-state index contributed by atoms with van der Waals surface area (Å²) in [5, 5.41) is 0. The first-order valence-electron chi connectivity index (χ1n) is 7.36. The first kappa shape index (κ1) is 16.8. The van der Waals surface area contributed by atoms with E-state index >= 15 is 0 Å². The average Bonchev–Trinajstić information content (AvgIpc) is 2.50. The Labute approximate surface area is 141 Å². The van der Waals surface area contributed by atoms with Crippen LogP contribution >= 0.6 is 15.9 Å². The lowest BCUT2D eigenvalue weighted by molar-refractivity contribution is 0.213. The van der Waals surface area contributed by atoms with E-state index in [0.717, 1.165) is 27.7 Å². The van der Waals surface area contributed by atoms with E-state index in [2.05, 4.69) is 76.3 Å². The Balaban J connectivity index is 2.25. The highest BCUT2D eigenvalue weighted by Gasteiger charge is 2.06. The lowest BCUT2D eigenvalue weighted by atomic mass is 9.98. The fraction of sp³-hybridized carbons (Fsp3) is 0.263. The van der Waals surface area contributed by atoms with Gasteiger partial charge in [-0.3, -0.25) is 0 Å². The van der Waals surface area contributed by atoms with Crippen LogP contribution in [0.5, 0.6) is 0 Å². The van der Waals surface area contributed by atoms with E-state index < -0.39 is 0 Å². The van der Waals surface area contributed by atoms with E-state index in [4.69, 9.17) is 4.74 Å². The molecule has 0 radical (unpaired) electrons. The van der Waals surface area contributed by atoms with Gasteiger partial charge in [-0.25, -0.2) is 0 Å². The molecule has 0 aliphatic rings. The molecule has 2 aromatic rings. The van der Waals surface area contributed by atoms with Gasteiger partial charge in [0.25, 0.3) is 0 Å². The fourth-order valence-electron chi connectivity index (χ4n) is 2.04. The van der Waals surface area contributed by atoms with Crippen molar-refractivity contribution in [2.45, 2.75) is 6.92 Å². The third-order valence-electron chi connectivity index (χ3n) is 3.38. The maximum atomic E-state index is 5.76. The van der Waals surface area contributed by atoms with Crippen molar-refractivity contribution < 1.29 is 4.74 Å². The summed E-state index contributed by atoms with van der Waals surface area (Å²) in [5.74, 6) is 0. The normalized spacial score (nSPS) is 11.8. The molecule has 116 valence electrons. The number of halogens is 1. The summed E-state index contributed by atoms with van der Waals surface area (Å²) >= 11 is 3.48. The molecule has 3 heteroatoms. The van der Waals surface area contributed by atoms with E-state index in [1.807, 2.05) is 20.4 Å². The summed E-state index contributed by atoms with van der Waals surface area (Å²) in [6.45, 7) is 3.68. The molecule has 22 heavy (non-hydrogen) atoms. The minimum Gasteiger partial charge on any atom is -0.499 e. The summed E-state index contributed by atoms with van der Waals surface area (Å²) in [4.78, 5) is 2.11. The van der Waals surface area contributed by atoms with Crippen molar-refractivity contribution in [1.29, 1.82) is 0 Å². The molecule has 2 rings (SSSR count). The molecule has 0 atom stereocenters. The molecule has 0 spiro atoms. The number of rotatable bonds is 6. The third kappa shape index (κ3) is 5.00. The van der Waals surface area contributed by atoms with Gasteiger partial charge in [0, 0.05) is 16.6 Å². The van der Waals surface area contributed by atoms with Crippen molar-refractivity contribution in [3.63, 3.8) is 0 Å². The number of benzene rings is 2. The Bertz CT molecular complexity index is 567. The second-order valence-electron chi connectivity index (χ2n) is 5.58.